The van der Waals surface area contributed by atoms with Gasteiger partial charge in [0.2, 0.25) is 0 Å². The van der Waals surface area contributed by atoms with Crippen LogP contribution in [0.5, 0.6) is 0 Å². The lowest BCUT2D eigenvalue weighted by molar-refractivity contribution is -0.283. The lowest BCUT2D eigenvalue weighted by Crippen LogP contribution is -2.73. The second-order valence-electron chi connectivity index (χ2n) is 14.8. The highest BCUT2D eigenvalue weighted by Gasteiger charge is 2.54. The van der Waals surface area contributed by atoms with Gasteiger partial charge in [-0.2, -0.15) is 0 Å². The molecular weight excluding hydrogens is 805 g/mol. The number of hydrogen-bond donors (Lipinski definition) is 5. The first-order valence-corrected chi connectivity index (χ1v) is 20.0. The minimum atomic E-state index is -1.91. The maximum atomic E-state index is 13.3. The Bertz CT molecular complexity index is 2070. The van der Waals surface area contributed by atoms with E-state index >= 15 is 0 Å². The summed E-state index contributed by atoms with van der Waals surface area (Å²) in [5.41, 5.74) is 12.6. The maximum Gasteiger partial charge on any atom is 0.409 e. The molecule has 3 amide bonds. The minimum Gasteiger partial charge on any atom is -0.445 e. The van der Waals surface area contributed by atoms with Crippen molar-refractivity contribution >= 4 is 18.3 Å². The number of nitrogens with zero attached hydrogens (tertiary/aromatic N) is 4. The van der Waals surface area contributed by atoms with Crippen LogP contribution in [-0.4, -0.2) is 113 Å². The van der Waals surface area contributed by atoms with E-state index in [-0.39, 0.29) is 39.4 Å². The quantitative estimate of drug-likeness (QED) is 0.0446. The molecule has 1 heterocycles. The highest BCUT2D eigenvalue weighted by molar-refractivity contribution is 5.69. The zero-order valence-electron chi connectivity index (χ0n) is 33.9. The van der Waals surface area contributed by atoms with E-state index in [2.05, 4.69) is 20.7 Å². The summed E-state index contributed by atoms with van der Waals surface area (Å²) in [6.45, 7) is -0.233. The van der Waals surface area contributed by atoms with Gasteiger partial charge in [0.1, 0.15) is 44.2 Å². The number of aliphatic hydroxyl groups is 3. The van der Waals surface area contributed by atoms with E-state index in [0.29, 0.717) is 11.1 Å². The molecule has 1 saturated carbocycles. The molecule has 1 aliphatic carbocycles. The Balaban J connectivity index is 1.22. The number of alkyl carbamates (subject to hydrolysis) is 2. The second kappa shape index (κ2) is 22.6. The second-order valence-corrected chi connectivity index (χ2v) is 14.8. The minimum absolute atomic E-state index is 0.00169. The smallest absolute Gasteiger partial charge is 0.409 e. The van der Waals surface area contributed by atoms with E-state index in [4.69, 9.17) is 28.4 Å². The predicted molar refractivity (Wildman–Crippen MR) is 220 cm³/mol. The molecule has 0 aromatic heterocycles. The summed E-state index contributed by atoms with van der Waals surface area (Å²) in [7, 11) is 1.51. The van der Waals surface area contributed by atoms with Crippen LogP contribution in [0.1, 0.15) is 28.7 Å². The molecule has 18 nitrogen and oxygen atoms in total. The van der Waals surface area contributed by atoms with E-state index in [1.807, 2.05) is 60.7 Å². The van der Waals surface area contributed by atoms with Crippen molar-refractivity contribution in [3.8, 4) is 0 Å². The average molecular weight is 855 g/mol. The molecule has 1 unspecified atom stereocenters. The first kappa shape index (κ1) is 45.3. The third kappa shape index (κ3) is 12.7. The number of azide groups is 1. The number of carbonyl (C=O) groups excluding carboxylic acids is 3. The number of likely N-dealkylation sites (N-methyl/N-ethyl adjacent to an activating group) is 1. The van der Waals surface area contributed by atoms with Crippen molar-refractivity contribution in [3.05, 3.63) is 154 Å². The monoisotopic (exact) mass is 854 g/mol. The molecule has 0 bridgehead atoms. The first-order chi connectivity index (χ1) is 30.1. The van der Waals surface area contributed by atoms with Crippen LogP contribution in [0.2, 0.25) is 0 Å². The van der Waals surface area contributed by atoms with Gasteiger partial charge in [-0.1, -0.05) is 126 Å². The Hall–Kier alpha value is -6.24. The van der Waals surface area contributed by atoms with Crippen LogP contribution in [-0.2, 0) is 54.8 Å². The number of rotatable bonds is 16. The molecule has 328 valence electrons. The number of benzene rings is 4. The summed E-state index contributed by atoms with van der Waals surface area (Å²) in [4.78, 5) is 43.7. The molecule has 1 aliphatic heterocycles. The van der Waals surface area contributed by atoms with Crippen molar-refractivity contribution in [2.24, 2.45) is 5.11 Å². The number of hydrogen-bond acceptors (Lipinski definition) is 13. The van der Waals surface area contributed by atoms with Gasteiger partial charge in [0, 0.05) is 12.0 Å². The van der Waals surface area contributed by atoms with Crippen LogP contribution in [0.15, 0.2) is 126 Å². The van der Waals surface area contributed by atoms with Crippen LogP contribution >= 0.6 is 0 Å². The van der Waals surface area contributed by atoms with E-state index < -0.39 is 79.3 Å². The topological polar surface area (TPSA) is 243 Å². The molecule has 4 aromatic carbocycles. The number of ether oxygens (including phenoxy) is 6. The molecule has 0 radical (unpaired) electrons. The summed E-state index contributed by atoms with van der Waals surface area (Å²) < 4.78 is 35.3. The standard InChI is InChI=1S/C44H50N6O12/c1-50(44(56)60-27-31-20-12-5-13-21-31)23-34-33(57-24-28-14-6-2-7-15-28)22-32(48-49-45)41(61-34)62-40-36(47-43(55)59-26-30-18-10-4-11-19-30)37(51)35(38(52)39(40)53)46-42(54)58-25-29-16-8-3-9-17-29/h2-21,32-41,51-53H,22-27H2,1H3,(H,46,54)(H,47,55)/t32-,33+,34-,35-,36+,37-,38+,39-,40-,41?/m1/s1. The van der Waals surface area contributed by atoms with Gasteiger partial charge in [-0.15, -0.1) is 0 Å². The van der Waals surface area contributed by atoms with Crippen LogP contribution in [0, 0.1) is 0 Å². The number of amides is 3. The Kier molecular flexibility index (Phi) is 16.5. The fraction of sp³-hybridized carbons (Fsp3) is 0.386. The third-order valence-electron chi connectivity index (χ3n) is 10.4. The van der Waals surface area contributed by atoms with Gasteiger partial charge in [0.25, 0.3) is 0 Å². The van der Waals surface area contributed by atoms with E-state index in [1.54, 1.807) is 60.7 Å². The largest absolute Gasteiger partial charge is 0.445 e. The van der Waals surface area contributed by atoms with Gasteiger partial charge in [-0.25, -0.2) is 14.4 Å². The summed E-state index contributed by atoms with van der Waals surface area (Å²) >= 11 is 0. The lowest BCUT2D eigenvalue weighted by Gasteiger charge is -2.48. The van der Waals surface area contributed by atoms with Crippen molar-refractivity contribution in [2.75, 3.05) is 13.6 Å². The molecule has 4 aromatic rings. The normalized spacial score (nSPS) is 25.6. The van der Waals surface area contributed by atoms with Gasteiger partial charge in [0.05, 0.1) is 43.5 Å². The van der Waals surface area contributed by atoms with Crippen LogP contribution < -0.4 is 10.6 Å². The summed E-state index contributed by atoms with van der Waals surface area (Å²) in [6.07, 6.45) is -13.2. The summed E-state index contributed by atoms with van der Waals surface area (Å²) in [5.74, 6) is 0. The van der Waals surface area contributed by atoms with Gasteiger partial charge in [-0.05, 0) is 34.2 Å². The average Bonchev–Trinajstić information content (AvgIpc) is 3.30. The van der Waals surface area contributed by atoms with Crippen LogP contribution in [0.4, 0.5) is 14.4 Å². The van der Waals surface area contributed by atoms with E-state index in [9.17, 15) is 35.2 Å². The Morgan fingerprint density at radius 2 is 1.16 bits per heavy atom. The van der Waals surface area contributed by atoms with Crippen LogP contribution in [0.25, 0.3) is 10.4 Å². The van der Waals surface area contributed by atoms with Crippen molar-refractivity contribution in [1.29, 1.82) is 0 Å². The summed E-state index contributed by atoms with van der Waals surface area (Å²) in [5, 5.41) is 43.6. The molecule has 10 atom stereocenters. The fourth-order valence-electron chi connectivity index (χ4n) is 7.13. The fourth-order valence-corrected chi connectivity index (χ4v) is 7.13. The molecule has 6 rings (SSSR count). The highest BCUT2D eigenvalue weighted by atomic mass is 16.7. The van der Waals surface area contributed by atoms with Crippen molar-refractivity contribution in [3.63, 3.8) is 0 Å². The van der Waals surface area contributed by atoms with Gasteiger partial charge < -0.3 is 59.3 Å². The zero-order chi connectivity index (χ0) is 43.8. The Morgan fingerprint density at radius 3 is 1.66 bits per heavy atom. The maximum absolute atomic E-state index is 13.3. The SMILES string of the molecule is CN(C[C@H]1OC(O[C@H]2[C@H](O)[C@@H](O)[C@H](NC(=O)OCc3ccccc3)[C@@H](O)[C@@H]2NC(=O)OCc2ccccc2)[C@H](N=[N+]=[N-])C[C@@H]1OCc1ccccc1)C(=O)OCc1ccccc1. The third-order valence-corrected chi connectivity index (χ3v) is 10.4. The molecule has 0 spiro atoms. The van der Waals surface area contributed by atoms with E-state index in [1.165, 1.54) is 11.9 Å². The van der Waals surface area contributed by atoms with Crippen molar-refractivity contribution in [1.82, 2.24) is 15.5 Å². The number of aliphatic hydroxyl groups excluding tert-OH is 3. The Labute approximate surface area is 357 Å². The summed E-state index contributed by atoms with van der Waals surface area (Å²) in [6, 6.07) is 31.7. The lowest BCUT2D eigenvalue weighted by atomic mass is 9.81. The molecule has 1 saturated heterocycles. The first-order valence-electron chi connectivity index (χ1n) is 20.0. The predicted octanol–water partition coefficient (Wildman–Crippen LogP) is 4.71. The molecule has 2 aliphatic rings. The zero-order valence-corrected chi connectivity index (χ0v) is 33.9. The van der Waals surface area contributed by atoms with Crippen molar-refractivity contribution in [2.45, 2.75) is 93.9 Å². The Morgan fingerprint density at radius 1 is 0.694 bits per heavy atom. The van der Waals surface area contributed by atoms with E-state index in [0.717, 1.165) is 11.1 Å². The molecular formula is C44H50N6O12. The van der Waals surface area contributed by atoms with Gasteiger partial charge in [-0.3, -0.25) is 0 Å². The molecule has 62 heavy (non-hydrogen) atoms. The van der Waals surface area contributed by atoms with Crippen molar-refractivity contribution < 1.29 is 58.1 Å². The molecule has 18 heteroatoms. The number of nitrogens with one attached hydrogen (secondary N) is 2. The van der Waals surface area contributed by atoms with Gasteiger partial charge in [0.15, 0.2) is 6.29 Å². The van der Waals surface area contributed by atoms with Gasteiger partial charge >= 0.3 is 18.3 Å². The molecule has 2 fully saturated rings. The molecule has 5 N–H and O–H groups in total. The number of carbonyl (C=O) groups is 3. The highest BCUT2D eigenvalue weighted by Crippen LogP contribution is 2.32. The van der Waals surface area contributed by atoms with Crippen LogP contribution in [0.3, 0.4) is 0 Å².